The molecule has 0 aromatic carbocycles. The van der Waals surface area contributed by atoms with E-state index < -0.39 is 0 Å². The number of hydrogen-bond donors (Lipinski definition) is 2. The summed E-state index contributed by atoms with van der Waals surface area (Å²) in [5, 5.41) is 0. The predicted molar refractivity (Wildman–Crippen MR) is 47.5 cm³/mol. The zero-order valence-corrected chi connectivity index (χ0v) is 7.21. The molecule has 0 saturated heterocycles. The second kappa shape index (κ2) is 2.90. The molecule has 1 aromatic rings. The van der Waals surface area contributed by atoms with E-state index in [-0.39, 0.29) is 5.54 Å². The number of rotatable bonds is 1. The highest BCUT2D eigenvalue weighted by Gasteiger charge is 2.30. The Hall–Kier alpha value is -0.830. The van der Waals surface area contributed by atoms with E-state index in [1.807, 2.05) is 6.20 Å². The van der Waals surface area contributed by atoms with Crippen molar-refractivity contribution in [2.75, 3.05) is 0 Å². The van der Waals surface area contributed by atoms with Gasteiger partial charge in [0.2, 0.25) is 0 Å². The molecule has 3 heteroatoms. The maximum Gasteiger partial charge on any atom is 0.0922 e. The zero-order chi connectivity index (χ0) is 8.44. The first kappa shape index (κ1) is 7.80. The molecule has 0 amide bonds. The third-order valence-electron chi connectivity index (χ3n) is 2.78. The highest BCUT2D eigenvalue weighted by molar-refractivity contribution is 5.11. The lowest BCUT2D eigenvalue weighted by atomic mass is 9.80. The van der Waals surface area contributed by atoms with Gasteiger partial charge in [-0.05, 0) is 12.8 Å². The summed E-state index contributed by atoms with van der Waals surface area (Å²) >= 11 is 0. The maximum atomic E-state index is 6.25. The van der Waals surface area contributed by atoms with Gasteiger partial charge in [0.05, 0.1) is 17.6 Å². The molecule has 12 heavy (non-hydrogen) atoms. The van der Waals surface area contributed by atoms with Gasteiger partial charge in [0.25, 0.3) is 0 Å². The minimum Gasteiger partial charge on any atom is -0.347 e. The SMILES string of the molecule is NC1(c2cnc[nH]2)CCCCC1. The van der Waals surface area contributed by atoms with Crippen LogP contribution in [0, 0.1) is 0 Å². The standard InChI is InChI=1S/C9H15N3/c10-9(4-2-1-3-5-9)8-6-11-7-12-8/h6-7H,1-5,10H2,(H,11,12). The number of nitrogens with one attached hydrogen (secondary N) is 1. The summed E-state index contributed by atoms with van der Waals surface area (Å²) in [6.45, 7) is 0. The topological polar surface area (TPSA) is 54.7 Å². The van der Waals surface area contributed by atoms with E-state index in [1.54, 1.807) is 6.33 Å². The Morgan fingerprint density at radius 2 is 2.08 bits per heavy atom. The molecule has 0 unspecified atom stereocenters. The van der Waals surface area contributed by atoms with Crippen molar-refractivity contribution < 1.29 is 0 Å². The Balaban J connectivity index is 2.19. The number of nitrogens with zero attached hydrogens (tertiary/aromatic N) is 1. The highest BCUT2D eigenvalue weighted by Crippen LogP contribution is 2.33. The quantitative estimate of drug-likeness (QED) is 0.663. The van der Waals surface area contributed by atoms with Crippen LogP contribution in [0.1, 0.15) is 37.8 Å². The van der Waals surface area contributed by atoms with Crippen LogP contribution in [0.4, 0.5) is 0 Å². The van der Waals surface area contributed by atoms with Crippen molar-refractivity contribution in [3.8, 4) is 0 Å². The van der Waals surface area contributed by atoms with E-state index in [2.05, 4.69) is 9.97 Å². The van der Waals surface area contributed by atoms with Gasteiger partial charge in [-0.15, -0.1) is 0 Å². The van der Waals surface area contributed by atoms with Gasteiger partial charge in [-0.25, -0.2) is 4.98 Å². The van der Waals surface area contributed by atoms with Crippen LogP contribution in [0.3, 0.4) is 0 Å². The van der Waals surface area contributed by atoms with E-state index in [9.17, 15) is 0 Å². The second-order valence-electron chi connectivity index (χ2n) is 3.68. The molecule has 66 valence electrons. The molecular formula is C9H15N3. The van der Waals surface area contributed by atoms with Gasteiger partial charge in [0, 0.05) is 6.20 Å². The number of nitrogens with two attached hydrogens (primary N) is 1. The van der Waals surface area contributed by atoms with Gasteiger partial charge in [0.1, 0.15) is 0 Å². The summed E-state index contributed by atoms with van der Waals surface area (Å²) in [6, 6.07) is 0. The summed E-state index contributed by atoms with van der Waals surface area (Å²) in [7, 11) is 0. The molecule has 0 radical (unpaired) electrons. The fraction of sp³-hybridized carbons (Fsp3) is 0.667. The van der Waals surface area contributed by atoms with Gasteiger partial charge in [0.15, 0.2) is 0 Å². The fourth-order valence-electron chi connectivity index (χ4n) is 1.98. The van der Waals surface area contributed by atoms with Crippen LogP contribution in [0.15, 0.2) is 12.5 Å². The van der Waals surface area contributed by atoms with Gasteiger partial charge in [-0.2, -0.15) is 0 Å². The van der Waals surface area contributed by atoms with Crippen LogP contribution in [-0.4, -0.2) is 9.97 Å². The lowest BCUT2D eigenvalue weighted by Gasteiger charge is -2.32. The molecule has 1 fully saturated rings. The first-order valence-corrected chi connectivity index (χ1v) is 4.59. The molecule has 0 bridgehead atoms. The van der Waals surface area contributed by atoms with Crippen molar-refractivity contribution in [2.45, 2.75) is 37.6 Å². The third kappa shape index (κ3) is 1.25. The van der Waals surface area contributed by atoms with Crippen LogP contribution in [0.2, 0.25) is 0 Å². The number of H-pyrrole nitrogens is 1. The minimum absolute atomic E-state index is 0.116. The predicted octanol–water partition coefficient (Wildman–Crippen LogP) is 1.53. The van der Waals surface area contributed by atoms with Crippen LogP contribution in [0.5, 0.6) is 0 Å². The summed E-state index contributed by atoms with van der Waals surface area (Å²) in [5.74, 6) is 0. The fourth-order valence-corrected chi connectivity index (χ4v) is 1.98. The molecule has 0 aliphatic heterocycles. The molecular weight excluding hydrogens is 150 g/mol. The van der Waals surface area contributed by atoms with Crippen LogP contribution < -0.4 is 5.73 Å². The molecule has 0 atom stereocenters. The third-order valence-corrected chi connectivity index (χ3v) is 2.78. The van der Waals surface area contributed by atoms with Crippen molar-refractivity contribution >= 4 is 0 Å². The van der Waals surface area contributed by atoms with E-state index in [1.165, 1.54) is 19.3 Å². The first-order valence-electron chi connectivity index (χ1n) is 4.59. The summed E-state index contributed by atoms with van der Waals surface area (Å²) < 4.78 is 0. The largest absolute Gasteiger partial charge is 0.347 e. The molecule has 1 aliphatic rings. The minimum atomic E-state index is -0.116. The van der Waals surface area contributed by atoms with E-state index in [4.69, 9.17) is 5.73 Å². The number of imidazole rings is 1. The normalized spacial score (nSPS) is 22.4. The Morgan fingerprint density at radius 3 is 2.67 bits per heavy atom. The zero-order valence-electron chi connectivity index (χ0n) is 7.21. The average Bonchev–Trinajstić information content (AvgIpc) is 2.58. The lowest BCUT2D eigenvalue weighted by Crippen LogP contribution is -2.38. The second-order valence-corrected chi connectivity index (χ2v) is 3.68. The number of aromatic nitrogens is 2. The van der Waals surface area contributed by atoms with Crippen molar-refractivity contribution in [1.82, 2.24) is 9.97 Å². The van der Waals surface area contributed by atoms with Crippen molar-refractivity contribution in [1.29, 1.82) is 0 Å². The number of aromatic amines is 1. The molecule has 1 saturated carbocycles. The Labute approximate surface area is 72.4 Å². The Morgan fingerprint density at radius 1 is 1.33 bits per heavy atom. The number of hydrogen-bond acceptors (Lipinski definition) is 2. The van der Waals surface area contributed by atoms with E-state index in [0.717, 1.165) is 18.5 Å². The molecule has 2 rings (SSSR count). The molecule has 3 nitrogen and oxygen atoms in total. The Kier molecular flexibility index (Phi) is 1.89. The summed E-state index contributed by atoms with van der Waals surface area (Å²) in [6.07, 6.45) is 9.56. The van der Waals surface area contributed by atoms with Crippen molar-refractivity contribution in [3.63, 3.8) is 0 Å². The highest BCUT2D eigenvalue weighted by atomic mass is 14.9. The first-order chi connectivity index (χ1) is 5.81. The monoisotopic (exact) mass is 165 g/mol. The van der Waals surface area contributed by atoms with Crippen LogP contribution in [0.25, 0.3) is 0 Å². The average molecular weight is 165 g/mol. The molecule has 1 heterocycles. The maximum absolute atomic E-state index is 6.25. The van der Waals surface area contributed by atoms with E-state index in [0.29, 0.717) is 0 Å². The smallest absolute Gasteiger partial charge is 0.0922 e. The summed E-state index contributed by atoms with van der Waals surface area (Å²) in [5.41, 5.74) is 7.24. The van der Waals surface area contributed by atoms with Gasteiger partial charge >= 0.3 is 0 Å². The van der Waals surface area contributed by atoms with Crippen molar-refractivity contribution in [3.05, 3.63) is 18.2 Å². The lowest BCUT2D eigenvalue weighted by molar-refractivity contribution is 0.296. The van der Waals surface area contributed by atoms with E-state index >= 15 is 0 Å². The van der Waals surface area contributed by atoms with Crippen LogP contribution in [-0.2, 0) is 5.54 Å². The molecule has 3 N–H and O–H groups in total. The molecule has 1 aromatic heterocycles. The summed E-state index contributed by atoms with van der Waals surface area (Å²) in [4.78, 5) is 7.12. The molecule has 1 aliphatic carbocycles. The molecule has 0 spiro atoms. The van der Waals surface area contributed by atoms with Crippen molar-refractivity contribution in [2.24, 2.45) is 5.73 Å². The van der Waals surface area contributed by atoms with Crippen LogP contribution >= 0.6 is 0 Å². The van der Waals surface area contributed by atoms with Gasteiger partial charge in [-0.3, -0.25) is 0 Å². The van der Waals surface area contributed by atoms with Gasteiger partial charge < -0.3 is 10.7 Å². The Bertz CT molecular complexity index is 234. The van der Waals surface area contributed by atoms with Gasteiger partial charge in [-0.1, -0.05) is 19.3 Å².